The van der Waals surface area contributed by atoms with Gasteiger partial charge >= 0.3 is 0 Å². The highest BCUT2D eigenvalue weighted by atomic mass is 16.3. The van der Waals surface area contributed by atoms with Gasteiger partial charge in [0.05, 0.1) is 11.0 Å². The summed E-state index contributed by atoms with van der Waals surface area (Å²) in [6, 6.07) is 63.8. The average Bonchev–Trinajstić information content (AvgIpc) is 3.95. The molecular weight excluding hydrogens is 701 g/mol. The lowest BCUT2D eigenvalue weighted by atomic mass is 9.97. The molecule has 57 heavy (non-hydrogen) atoms. The topological polar surface area (TPSA) is 67.6 Å². The third kappa shape index (κ3) is 5.12. The van der Waals surface area contributed by atoms with Crippen molar-refractivity contribution in [2.45, 2.75) is 12.3 Å². The SMILES string of the molecule is c1ccc(C2N=C(c3ccc4c(c3)oc3cccc(-c5ccc6oc7cc(-n8c9ccccc9c9ccccc98)ccc7c6c5)c34)NC(c3ccccc3)N2)cc1. The number of nitrogens with zero attached hydrogens (tertiary/aromatic N) is 2. The first-order chi connectivity index (χ1) is 28.2. The van der Waals surface area contributed by atoms with Crippen LogP contribution in [0.1, 0.15) is 29.0 Å². The van der Waals surface area contributed by atoms with Crippen molar-refractivity contribution in [1.29, 1.82) is 0 Å². The van der Waals surface area contributed by atoms with Crippen LogP contribution in [-0.2, 0) is 0 Å². The van der Waals surface area contributed by atoms with Gasteiger partial charge in [-0.05, 0) is 76.9 Å². The fraction of sp³-hybridized carbons (Fsp3) is 0.0392. The molecule has 11 aromatic rings. The minimum absolute atomic E-state index is 0.115. The van der Waals surface area contributed by atoms with Crippen LogP contribution >= 0.6 is 0 Å². The summed E-state index contributed by atoms with van der Waals surface area (Å²) in [6.07, 6.45) is -0.323. The van der Waals surface area contributed by atoms with Gasteiger partial charge in [0.15, 0.2) is 0 Å². The number of furan rings is 2. The van der Waals surface area contributed by atoms with Gasteiger partial charge in [0.2, 0.25) is 0 Å². The van der Waals surface area contributed by atoms with Crippen molar-refractivity contribution in [3.8, 4) is 16.8 Å². The second kappa shape index (κ2) is 12.6. The van der Waals surface area contributed by atoms with E-state index >= 15 is 0 Å². The van der Waals surface area contributed by atoms with Crippen LogP contribution < -0.4 is 10.6 Å². The lowest BCUT2D eigenvalue weighted by Gasteiger charge is -2.32. The highest BCUT2D eigenvalue weighted by Gasteiger charge is 2.26. The van der Waals surface area contributed by atoms with Crippen molar-refractivity contribution >= 4 is 71.5 Å². The summed E-state index contributed by atoms with van der Waals surface area (Å²) in [7, 11) is 0. The summed E-state index contributed by atoms with van der Waals surface area (Å²) in [5, 5.41) is 14.1. The number of aromatic nitrogens is 1. The Morgan fingerprint density at radius 2 is 1.12 bits per heavy atom. The standard InChI is InChI=1S/C51H34N4O2/c1-3-12-31(13-4-1)49-52-50(32-14-5-2-6-15-32)54-51(53-49)34-22-25-40-46(29-34)57-45-21-11-18-36(48(40)45)33-23-27-44-41(28-33)39-26-24-35(30-47(39)56-44)55-42-19-9-7-16-37(42)38-17-8-10-20-43(38)55/h1-30,49-50,52H,(H,53,54). The second-order valence-corrected chi connectivity index (χ2v) is 14.8. The van der Waals surface area contributed by atoms with Crippen LogP contribution in [0.15, 0.2) is 196 Å². The molecule has 8 aromatic carbocycles. The number of amidine groups is 1. The molecule has 0 fully saturated rings. The van der Waals surface area contributed by atoms with E-state index in [0.29, 0.717) is 0 Å². The number of fused-ring (bicyclic) bond motifs is 9. The third-order valence-electron chi connectivity index (χ3n) is 11.5. The van der Waals surface area contributed by atoms with Gasteiger partial charge in [-0.3, -0.25) is 5.32 Å². The van der Waals surface area contributed by atoms with Gasteiger partial charge in [-0.1, -0.05) is 121 Å². The molecule has 0 bridgehead atoms. The largest absolute Gasteiger partial charge is 0.456 e. The molecule has 0 saturated heterocycles. The Kier molecular flexibility index (Phi) is 7.03. The van der Waals surface area contributed by atoms with Gasteiger partial charge in [-0.2, -0.15) is 0 Å². The Morgan fingerprint density at radius 3 is 1.91 bits per heavy atom. The van der Waals surface area contributed by atoms with Crippen molar-refractivity contribution in [1.82, 2.24) is 15.2 Å². The molecule has 0 aliphatic carbocycles. The monoisotopic (exact) mass is 734 g/mol. The Bertz CT molecular complexity index is 3320. The molecule has 0 amide bonds. The number of benzene rings is 8. The van der Waals surface area contributed by atoms with Crippen molar-refractivity contribution in [2.75, 3.05) is 0 Å². The fourth-order valence-electron chi connectivity index (χ4n) is 8.82. The number of rotatable bonds is 5. The Morgan fingerprint density at radius 1 is 0.456 bits per heavy atom. The normalized spacial score (nSPS) is 15.9. The predicted molar refractivity (Wildman–Crippen MR) is 232 cm³/mol. The number of nitrogens with one attached hydrogen (secondary N) is 2. The highest BCUT2D eigenvalue weighted by Crippen LogP contribution is 2.41. The zero-order chi connectivity index (χ0) is 37.5. The maximum atomic E-state index is 6.60. The third-order valence-corrected chi connectivity index (χ3v) is 11.5. The molecule has 0 saturated carbocycles. The Hall–Kier alpha value is -7.41. The molecular formula is C51H34N4O2. The van der Waals surface area contributed by atoms with E-state index in [1.807, 2.05) is 12.1 Å². The number of hydrogen-bond donors (Lipinski definition) is 2. The quantitative estimate of drug-likeness (QED) is 0.185. The Labute approximate surface area is 327 Å². The van der Waals surface area contributed by atoms with E-state index in [0.717, 1.165) is 83.2 Å². The van der Waals surface area contributed by atoms with E-state index in [4.69, 9.17) is 13.8 Å². The maximum Gasteiger partial charge on any atom is 0.137 e. The molecule has 0 radical (unpaired) electrons. The molecule has 3 aromatic heterocycles. The minimum Gasteiger partial charge on any atom is -0.456 e. The Balaban J connectivity index is 0.939. The van der Waals surface area contributed by atoms with Gasteiger partial charge in [0, 0.05) is 49.6 Å². The van der Waals surface area contributed by atoms with Crippen LogP contribution in [0, 0.1) is 0 Å². The van der Waals surface area contributed by atoms with Gasteiger partial charge in [0.25, 0.3) is 0 Å². The van der Waals surface area contributed by atoms with E-state index in [2.05, 4.69) is 185 Å². The van der Waals surface area contributed by atoms with Crippen LogP contribution in [0.3, 0.4) is 0 Å². The smallest absolute Gasteiger partial charge is 0.137 e. The number of aliphatic imine (C=N–C) groups is 1. The maximum absolute atomic E-state index is 6.60. The van der Waals surface area contributed by atoms with Crippen molar-refractivity contribution in [3.05, 3.63) is 199 Å². The van der Waals surface area contributed by atoms with Crippen molar-refractivity contribution < 1.29 is 8.83 Å². The van der Waals surface area contributed by atoms with E-state index in [1.165, 1.54) is 21.8 Å². The van der Waals surface area contributed by atoms with Gasteiger partial charge in [-0.25, -0.2) is 4.99 Å². The minimum atomic E-state index is -0.209. The van der Waals surface area contributed by atoms with Crippen molar-refractivity contribution in [2.24, 2.45) is 4.99 Å². The second-order valence-electron chi connectivity index (χ2n) is 14.8. The van der Waals surface area contributed by atoms with E-state index < -0.39 is 0 Å². The van der Waals surface area contributed by atoms with E-state index in [1.54, 1.807) is 0 Å². The first-order valence-corrected chi connectivity index (χ1v) is 19.3. The van der Waals surface area contributed by atoms with Crippen LogP contribution in [0.5, 0.6) is 0 Å². The fourth-order valence-corrected chi connectivity index (χ4v) is 8.82. The van der Waals surface area contributed by atoms with E-state index in [-0.39, 0.29) is 12.3 Å². The molecule has 270 valence electrons. The summed E-state index contributed by atoms with van der Waals surface area (Å²) in [6.45, 7) is 0. The first kappa shape index (κ1) is 31.9. The summed E-state index contributed by atoms with van der Waals surface area (Å²) >= 11 is 0. The molecule has 6 heteroatoms. The molecule has 1 aliphatic rings. The molecule has 2 N–H and O–H groups in total. The molecule has 6 nitrogen and oxygen atoms in total. The van der Waals surface area contributed by atoms with Crippen molar-refractivity contribution in [3.63, 3.8) is 0 Å². The van der Waals surface area contributed by atoms with Crippen LogP contribution in [0.2, 0.25) is 0 Å². The summed E-state index contributed by atoms with van der Waals surface area (Å²) in [5.41, 5.74) is 12.3. The van der Waals surface area contributed by atoms with Gasteiger partial charge < -0.3 is 18.7 Å². The molecule has 2 atom stereocenters. The summed E-state index contributed by atoms with van der Waals surface area (Å²) in [4.78, 5) is 5.16. The lowest BCUT2D eigenvalue weighted by molar-refractivity contribution is 0.409. The summed E-state index contributed by atoms with van der Waals surface area (Å²) in [5.74, 6) is 0.817. The molecule has 0 spiro atoms. The zero-order valence-electron chi connectivity index (χ0n) is 30.7. The number of hydrogen-bond acceptors (Lipinski definition) is 5. The first-order valence-electron chi connectivity index (χ1n) is 19.3. The number of para-hydroxylation sites is 2. The summed E-state index contributed by atoms with van der Waals surface area (Å²) < 4.78 is 15.5. The van der Waals surface area contributed by atoms with Crippen LogP contribution in [0.25, 0.3) is 82.5 Å². The molecule has 2 unspecified atom stereocenters. The highest BCUT2D eigenvalue weighted by molar-refractivity contribution is 6.16. The average molecular weight is 735 g/mol. The zero-order valence-corrected chi connectivity index (χ0v) is 30.7. The molecule has 4 heterocycles. The van der Waals surface area contributed by atoms with Gasteiger partial charge in [-0.15, -0.1) is 0 Å². The molecule has 12 rings (SSSR count). The van der Waals surface area contributed by atoms with Gasteiger partial charge in [0.1, 0.15) is 40.5 Å². The molecule has 1 aliphatic heterocycles. The lowest BCUT2D eigenvalue weighted by Crippen LogP contribution is -2.44. The van der Waals surface area contributed by atoms with Crippen LogP contribution in [0.4, 0.5) is 0 Å². The van der Waals surface area contributed by atoms with E-state index in [9.17, 15) is 0 Å². The van der Waals surface area contributed by atoms with Crippen LogP contribution in [-0.4, -0.2) is 10.4 Å². The predicted octanol–water partition coefficient (Wildman–Crippen LogP) is 12.6.